The summed E-state index contributed by atoms with van der Waals surface area (Å²) in [7, 11) is 1.47. The van der Waals surface area contributed by atoms with E-state index in [1.165, 1.54) is 42.3 Å². The summed E-state index contributed by atoms with van der Waals surface area (Å²) >= 11 is 5.95. The van der Waals surface area contributed by atoms with E-state index in [0.29, 0.717) is 28.6 Å². The van der Waals surface area contributed by atoms with E-state index in [-0.39, 0.29) is 30.1 Å². The van der Waals surface area contributed by atoms with Crippen LogP contribution in [0.3, 0.4) is 0 Å². The molecule has 0 aliphatic carbocycles. The zero-order valence-corrected chi connectivity index (χ0v) is 14.2. The largest absolute Gasteiger partial charge is 0.496 e. The highest BCUT2D eigenvalue weighted by atomic mass is 35.5. The van der Waals surface area contributed by atoms with Crippen LogP contribution in [0.4, 0.5) is 10.1 Å². The zero-order valence-electron chi connectivity index (χ0n) is 13.5. The Morgan fingerprint density at radius 1 is 1.28 bits per heavy atom. The molecule has 0 radical (unpaired) electrons. The summed E-state index contributed by atoms with van der Waals surface area (Å²) in [6.07, 6.45) is 0.173. The lowest BCUT2D eigenvalue weighted by atomic mass is 10.1. The normalized spacial score (nSPS) is 16.8. The number of halogens is 2. The molecule has 2 aromatic rings. The summed E-state index contributed by atoms with van der Waals surface area (Å²) < 4.78 is 18.2. The molecule has 3 rings (SSSR count). The first-order valence-corrected chi connectivity index (χ1v) is 8.06. The van der Waals surface area contributed by atoms with Crippen LogP contribution >= 0.6 is 11.6 Å². The van der Waals surface area contributed by atoms with Gasteiger partial charge in [0.25, 0.3) is 5.91 Å². The number of hydrogen-bond donors (Lipinski definition) is 1. The summed E-state index contributed by atoms with van der Waals surface area (Å²) in [5.41, 5.74) is 0.908. The summed E-state index contributed by atoms with van der Waals surface area (Å²) in [6, 6.07) is 10.1. The van der Waals surface area contributed by atoms with E-state index < -0.39 is 0 Å². The van der Waals surface area contributed by atoms with Crippen LogP contribution in [-0.2, 0) is 4.79 Å². The van der Waals surface area contributed by atoms with Crippen LogP contribution in [0.1, 0.15) is 16.8 Å². The summed E-state index contributed by atoms with van der Waals surface area (Å²) in [5.74, 6) is -0.456. The maximum absolute atomic E-state index is 13.0. The molecule has 130 valence electrons. The van der Waals surface area contributed by atoms with Crippen molar-refractivity contribution in [2.24, 2.45) is 0 Å². The monoisotopic (exact) mass is 362 g/mol. The number of nitrogens with one attached hydrogen (secondary N) is 1. The maximum Gasteiger partial charge on any atom is 0.255 e. The number of benzene rings is 2. The Kier molecular flexibility index (Phi) is 4.90. The van der Waals surface area contributed by atoms with E-state index in [9.17, 15) is 14.0 Å². The predicted molar refractivity (Wildman–Crippen MR) is 92.6 cm³/mol. The Morgan fingerprint density at radius 3 is 2.68 bits per heavy atom. The van der Waals surface area contributed by atoms with Crippen LogP contribution in [0, 0.1) is 5.82 Å². The van der Waals surface area contributed by atoms with Gasteiger partial charge in [-0.1, -0.05) is 11.6 Å². The number of hydrogen-bond acceptors (Lipinski definition) is 3. The van der Waals surface area contributed by atoms with Gasteiger partial charge in [-0.25, -0.2) is 4.39 Å². The molecule has 2 amide bonds. The fourth-order valence-electron chi connectivity index (χ4n) is 2.80. The number of carbonyl (C=O) groups is 2. The van der Waals surface area contributed by atoms with Crippen LogP contribution in [-0.4, -0.2) is 31.5 Å². The molecule has 1 saturated heterocycles. The van der Waals surface area contributed by atoms with Gasteiger partial charge in [0.15, 0.2) is 0 Å². The molecule has 0 aromatic heterocycles. The first-order valence-electron chi connectivity index (χ1n) is 7.68. The number of carbonyl (C=O) groups excluding carboxylic acids is 2. The van der Waals surface area contributed by atoms with E-state index in [2.05, 4.69) is 5.32 Å². The third-order valence-corrected chi connectivity index (χ3v) is 4.24. The molecule has 1 aliphatic heterocycles. The van der Waals surface area contributed by atoms with Crippen molar-refractivity contribution in [3.63, 3.8) is 0 Å². The van der Waals surface area contributed by atoms with Crippen molar-refractivity contribution in [1.29, 1.82) is 0 Å². The van der Waals surface area contributed by atoms with Crippen molar-refractivity contribution >= 4 is 29.1 Å². The Hall–Kier alpha value is -2.60. The number of anilines is 1. The minimum atomic E-state index is -0.367. The summed E-state index contributed by atoms with van der Waals surface area (Å²) in [5, 5.41) is 3.24. The minimum Gasteiger partial charge on any atom is -0.496 e. The molecular formula is C18H16ClFN2O3. The molecule has 1 atom stereocenters. The number of rotatable bonds is 4. The number of amides is 2. The molecule has 0 unspecified atom stereocenters. The SMILES string of the molecule is COc1ccc(Cl)cc1C(=O)N[C@@H]1CC(=O)N(c2ccc(F)cc2)C1. The molecule has 1 heterocycles. The van der Waals surface area contributed by atoms with Crippen LogP contribution in [0.2, 0.25) is 5.02 Å². The molecule has 0 saturated carbocycles. The second-order valence-corrected chi connectivity index (χ2v) is 6.14. The predicted octanol–water partition coefficient (Wildman–Crippen LogP) is 3.02. The molecule has 7 heteroatoms. The lowest BCUT2D eigenvalue weighted by Crippen LogP contribution is -2.37. The smallest absolute Gasteiger partial charge is 0.255 e. The Bertz CT molecular complexity index is 810. The maximum atomic E-state index is 13.0. The quantitative estimate of drug-likeness (QED) is 0.909. The molecular weight excluding hydrogens is 347 g/mol. The second kappa shape index (κ2) is 7.11. The first kappa shape index (κ1) is 17.2. The van der Waals surface area contributed by atoms with Crippen molar-refractivity contribution in [3.8, 4) is 5.75 Å². The van der Waals surface area contributed by atoms with Crippen LogP contribution in [0.25, 0.3) is 0 Å². The van der Waals surface area contributed by atoms with Crippen LogP contribution in [0.5, 0.6) is 5.75 Å². The summed E-state index contributed by atoms with van der Waals surface area (Å²) in [6.45, 7) is 0.319. The van der Waals surface area contributed by atoms with E-state index >= 15 is 0 Å². The molecule has 1 N–H and O–H groups in total. The highest BCUT2D eigenvalue weighted by Crippen LogP contribution is 2.25. The van der Waals surface area contributed by atoms with E-state index in [1.807, 2.05) is 0 Å². The standard InChI is InChI=1S/C18H16ClFN2O3/c1-25-16-7-2-11(19)8-15(16)18(24)21-13-9-17(23)22(10-13)14-5-3-12(20)4-6-14/h2-8,13H,9-10H2,1H3,(H,21,24)/t13-/m1/s1. The van der Waals surface area contributed by atoms with Gasteiger partial charge in [0.1, 0.15) is 11.6 Å². The fourth-order valence-corrected chi connectivity index (χ4v) is 2.97. The Balaban J connectivity index is 1.72. The van der Waals surface area contributed by atoms with Crippen molar-refractivity contribution in [2.75, 3.05) is 18.6 Å². The first-order chi connectivity index (χ1) is 12.0. The molecule has 0 spiro atoms. The van der Waals surface area contributed by atoms with Crippen molar-refractivity contribution in [1.82, 2.24) is 5.32 Å². The van der Waals surface area contributed by atoms with Gasteiger partial charge in [0.05, 0.1) is 18.7 Å². The second-order valence-electron chi connectivity index (χ2n) is 5.70. The average molecular weight is 363 g/mol. The van der Waals surface area contributed by atoms with Gasteiger partial charge in [-0.15, -0.1) is 0 Å². The lowest BCUT2D eigenvalue weighted by Gasteiger charge is -2.17. The van der Waals surface area contributed by atoms with E-state index in [1.54, 1.807) is 12.1 Å². The van der Waals surface area contributed by atoms with Crippen molar-refractivity contribution in [2.45, 2.75) is 12.5 Å². The van der Waals surface area contributed by atoms with Crippen LogP contribution < -0.4 is 15.0 Å². The van der Waals surface area contributed by atoms with Crippen molar-refractivity contribution < 1.29 is 18.7 Å². The molecule has 1 fully saturated rings. The molecule has 1 aliphatic rings. The van der Waals surface area contributed by atoms with Gasteiger partial charge in [0, 0.05) is 23.7 Å². The highest BCUT2D eigenvalue weighted by Gasteiger charge is 2.32. The third-order valence-electron chi connectivity index (χ3n) is 4.00. The molecule has 0 bridgehead atoms. The average Bonchev–Trinajstić information content (AvgIpc) is 2.95. The number of methoxy groups -OCH3 is 1. The Labute approximate surface area is 149 Å². The van der Waals surface area contributed by atoms with Crippen molar-refractivity contribution in [3.05, 3.63) is 58.9 Å². The fraction of sp³-hybridized carbons (Fsp3) is 0.222. The van der Waals surface area contributed by atoms with Gasteiger partial charge in [0.2, 0.25) is 5.91 Å². The Morgan fingerprint density at radius 2 is 2.00 bits per heavy atom. The van der Waals surface area contributed by atoms with Gasteiger partial charge in [-0.2, -0.15) is 0 Å². The number of ether oxygens (including phenoxy) is 1. The van der Waals surface area contributed by atoms with E-state index in [0.717, 1.165) is 0 Å². The zero-order chi connectivity index (χ0) is 18.0. The van der Waals surface area contributed by atoms with Gasteiger partial charge in [-0.3, -0.25) is 9.59 Å². The molecule has 5 nitrogen and oxygen atoms in total. The topological polar surface area (TPSA) is 58.6 Å². The minimum absolute atomic E-state index is 0.130. The molecule has 2 aromatic carbocycles. The lowest BCUT2D eigenvalue weighted by molar-refractivity contribution is -0.117. The van der Waals surface area contributed by atoms with Crippen LogP contribution in [0.15, 0.2) is 42.5 Å². The molecule has 25 heavy (non-hydrogen) atoms. The number of nitrogens with zero attached hydrogens (tertiary/aromatic N) is 1. The van der Waals surface area contributed by atoms with Gasteiger partial charge in [-0.05, 0) is 42.5 Å². The highest BCUT2D eigenvalue weighted by molar-refractivity contribution is 6.31. The third kappa shape index (κ3) is 3.74. The van der Waals surface area contributed by atoms with Gasteiger partial charge < -0.3 is 15.0 Å². The summed E-state index contributed by atoms with van der Waals surface area (Å²) in [4.78, 5) is 26.2. The van der Waals surface area contributed by atoms with E-state index in [4.69, 9.17) is 16.3 Å². The van der Waals surface area contributed by atoms with Gasteiger partial charge >= 0.3 is 0 Å².